The van der Waals surface area contributed by atoms with E-state index in [1.165, 1.54) is 0 Å². The van der Waals surface area contributed by atoms with E-state index in [9.17, 15) is 33.9 Å². The van der Waals surface area contributed by atoms with Crippen molar-refractivity contribution in [1.82, 2.24) is 16.0 Å². The highest BCUT2D eigenvalue weighted by Crippen LogP contribution is 2.09. The first-order valence-corrected chi connectivity index (χ1v) is 9.19. The van der Waals surface area contributed by atoms with Crippen LogP contribution in [0.2, 0.25) is 0 Å². The molecule has 0 heterocycles. The van der Waals surface area contributed by atoms with E-state index in [0.717, 1.165) is 0 Å². The summed E-state index contributed by atoms with van der Waals surface area (Å²) in [5.74, 6) is -7.26. The van der Waals surface area contributed by atoms with Gasteiger partial charge in [-0.2, -0.15) is 0 Å². The van der Waals surface area contributed by atoms with Crippen molar-refractivity contribution in [2.45, 2.75) is 57.7 Å². The fraction of sp³-hybridized carbons (Fsp3) is 0.647. The van der Waals surface area contributed by atoms with Crippen LogP contribution in [0.25, 0.3) is 0 Å². The molecule has 4 unspecified atom stereocenters. The molecule has 8 N–H and O–H groups in total. The Labute approximate surface area is 172 Å². The van der Waals surface area contributed by atoms with Gasteiger partial charge in [-0.15, -0.1) is 0 Å². The van der Waals surface area contributed by atoms with Crippen LogP contribution in [-0.4, -0.2) is 75.6 Å². The molecular weight excluding hydrogens is 404 g/mol. The molecule has 13 heteroatoms. The number of carbonyl (C=O) groups is 6. The summed E-state index contributed by atoms with van der Waals surface area (Å²) < 4.78 is 0. The van der Waals surface area contributed by atoms with Gasteiger partial charge in [0.1, 0.15) is 18.1 Å². The van der Waals surface area contributed by atoms with E-state index in [2.05, 4.69) is 16.0 Å². The van der Waals surface area contributed by atoms with Crippen molar-refractivity contribution in [2.24, 2.45) is 11.7 Å². The minimum atomic E-state index is -1.57. The molecule has 3 amide bonds. The third-order valence-electron chi connectivity index (χ3n) is 4.27. The van der Waals surface area contributed by atoms with Crippen molar-refractivity contribution in [3.63, 3.8) is 0 Å². The average Bonchev–Trinajstić information content (AvgIpc) is 2.66. The molecule has 4 atom stereocenters. The van der Waals surface area contributed by atoms with Gasteiger partial charge in [0, 0.05) is 6.42 Å². The molecule has 0 saturated carbocycles. The molecule has 0 fully saturated rings. The Balaban J connectivity index is 5.51. The highest BCUT2D eigenvalue weighted by Gasteiger charge is 2.32. The predicted octanol–water partition coefficient (Wildman–Crippen LogP) is -2.13. The van der Waals surface area contributed by atoms with Crippen LogP contribution in [0.1, 0.15) is 39.5 Å². The van der Waals surface area contributed by atoms with E-state index in [1.807, 2.05) is 0 Å². The summed E-state index contributed by atoms with van der Waals surface area (Å²) in [4.78, 5) is 69.7. The molecule has 0 aliphatic heterocycles. The number of rotatable bonds is 14. The number of hydrogen-bond acceptors (Lipinski definition) is 7. The Hall–Kier alpha value is -3.22. The van der Waals surface area contributed by atoms with Gasteiger partial charge in [0.2, 0.25) is 17.7 Å². The third-order valence-corrected chi connectivity index (χ3v) is 4.27. The van der Waals surface area contributed by atoms with Crippen LogP contribution in [0, 0.1) is 5.92 Å². The number of amides is 3. The second-order valence-electron chi connectivity index (χ2n) is 6.63. The number of nitrogens with one attached hydrogen (secondary N) is 3. The Morgan fingerprint density at radius 1 is 0.867 bits per heavy atom. The molecule has 0 radical (unpaired) electrons. The van der Waals surface area contributed by atoms with Crippen molar-refractivity contribution in [3.05, 3.63) is 0 Å². The van der Waals surface area contributed by atoms with Crippen molar-refractivity contribution >= 4 is 35.6 Å². The lowest BCUT2D eigenvalue weighted by atomic mass is 9.98. The van der Waals surface area contributed by atoms with Crippen molar-refractivity contribution in [3.8, 4) is 0 Å². The summed E-state index contributed by atoms with van der Waals surface area (Å²) in [5.41, 5.74) is 5.13. The van der Waals surface area contributed by atoms with Crippen molar-refractivity contribution in [2.75, 3.05) is 6.54 Å². The van der Waals surface area contributed by atoms with Crippen molar-refractivity contribution in [1.29, 1.82) is 0 Å². The van der Waals surface area contributed by atoms with Gasteiger partial charge in [-0.25, -0.2) is 4.79 Å². The Kier molecular flexibility index (Phi) is 11.7. The van der Waals surface area contributed by atoms with E-state index < -0.39 is 79.1 Å². The van der Waals surface area contributed by atoms with Crippen LogP contribution in [-0.2, 0) is 28.8 Å². The Morgan fingerprint density at radius 2 is 1.43 bits per heavy atom. The van der Waals surface area contributed by atoms with E-state index >= 15 is 0 Å². The normalized spacial score (nSPS) is 14.5. The number of carbonyl (C=O) groups excluding carboxylic acids is 3. The number of nitrogens with two attached hydrogens (primary N) is 1. The monoisotopic (exact) mass is 432 g/mol. The first-order chi connectivity index (χ1) is 13.9. The number of aliphatic carboxylic acids is 3. The van der Waals surface area contributed by atoms with Gasteiger partial charge in [-0.3, -0.25) is 24.0 Å². The molecule has 0 bridgehead atoms. The van der Waals surface area contributed by atoms with Crippen LogP contribution >= 0.6 is 0 Å². The van der Waals surface area contributed by atoms with Gasteiger partial charge < -0.3 is 37.0 Å². The van der Waals surface area contributed by atoms with Gasteiger partial charge in [-0.1, -0.05) is 20.3 Å². The lowest BCUT2D eigenvalue weighted by Gasteiger charge is -2.25. The quantitative estimate of drug-likeness (QED) is 0.158. The SMILES string of the molecule is CCC(C)C(NC(=O)C(CCC(=O)O)NC(=O)C(CC(=O)O)NC(=O)CN)C(=O)O. The lowest BCUT2D eigenvalue weighted by Crippen LogP contribution is -2.57. The largest absolute Gasteiger partial charge is 0.481 e. The van der Waals surface area contributed by atoms with Crippen LogP contribution < -0.4 is 21.7 Å². The van der Waals surface area contributed by atoms with E-state index in [1.54, 1.807) is 13.8 Å². The zero-order valence-electron chi connectivity index (χ0n) is 16.7. The second kappa shape index (κ2) is 13.1. The molecule has 0 aliphatic rings. The Bertz CT molecular complexity index is 668. The molecule has 0 aromatic carbocycles. The molecule has 0 saturated heterocycles. The maximum Gasteiger partial charge on any atom is 0.326 e. The van der Waals surface area contributed by atoms with Gasteiger partial charge in [0.05, 0.1) is 13.0 Å². The maximum atomic E-state index is 12.5. The maximum absolute atomic E-state index is 12.5. The number of hydrogen-bond donors (Lipinski definition) is 7. The minimum Gasteiger partial charge on any atom is -0.481 e. The van der Waals surface area contributed by atoms with Gasteiger partial charge >= 0.3 is 17.9 Å². The fourth-order valence-corrected chi connectivity index (χ4v) is 2.38. The van der Waals surface area contributed by atoms with Crippen LogP contribution in [0.15, 0.2) is 0 Å². The second-order valence-corrected chi connectivity index (χ2v) is 6.63. The smallest absolute Gasteiger partial charge is 0.326 e. The zero-order valence-corrected chi connectivity index (χ0v) is 16.7. The van der Waals surface area contributed by atoms with E-state index in [0.29, 0.717) is 6.42 Å². The molecular formula is C17H28N4O9. The highest BCUT2D eigenvalue weighted by molar-refractivity contribution is 5.95. The summed E-state index contributed by atoms with van der Waals surface area (Å²) in [6.07, 6.45) is -1.30. The topological polar surface area (TPSA) is 225 Å². The van der Waals surface area contributed by atoms with Crippen LogP contribution in [0.5, 0.6) is 0 Å². The third kappa shape index (κ3) is 9.82. The average molecular weight is 432 g/mol. The molecule has 0 rings (SSSR count). The summed E-state index contributed by atoms with van der Waals surface area (Å²) in [7, 11) is 0. The number of carboxylic acid groups (broad SMARTS) is 3. The molecule has 170 valence electrons. The van der Waals surface area contributed by atoms with Crippen LogP contribution in [0.3, 0.4) is 0 Å². The Morgan fingerprint density at radius 3 is 1.87 bits per heavy atom. The molecule has 0 aromatic rings. The standard InChI is InChI=1S/C17H28N4O9/c1-3-8(2)14(17(29)30)21-15(27)9(4-5-12(23)24)20-16(28)10(6-13(25)26)19-11(22)7-18/h8-10,14H,3-7,18H2,1-2H3,(H,19,22)(H,20,28)(H,21,27)(H,23,24)(H,25,26)(H,29,30). The first kappa shape index (κ1) is 26.8. The van der Waals surface area contributed by atoms with Gasteiger partial charge in [-0.05, 0) is 12.3 Å². The highest BCUT2D eigenvalue weighted by atomic mass is 16.4. The summed E-state index contributed by atoms with van der Waals surface area (Å²) in [5, 5.41) is 33.6. The summed E-state index contributed by atoms with van der Waals surface area (Å²) in [6.45, 7) is 2.80. The van der Waals surface area contributed by atoms with Crippen LogP contribution in [0.4, 0.5) is 0 Å². The molecule has 30 heavy (non-hydrogen) atoms. The molecule has 0 aromatic heterocycles. The molecule has 0 spiro atoms. The summed E-state index contributed by atoms with van der Waals surface area (Å²) >= 11 is 0. The fourth-order valence-electron chi connectivity index (χ4n) is 2.38. The van der Waals surface area contributed by atoms with Gasteiger partial charge in [0.15, 0.2) is 0 Å². The van der Waals surface area contributed by atoms with Crippen molar-refractivity contribution < 1.29 is 44.1 Å². The summed E-state index contributed by atoms with van der Waals surface area (Å²) in [6, 6.07) is -4.31. The number of carboxylic acids is 3. The van der Waals surface area contributed by atoms with E-state index in [-0.39, 0.29) is 6.42 Å². The first-order valence-electron chi connectivity index (χ1n) is 9.19. The predicted molar refractivity (Wildman–Crippen MR) is 101 cm³/mol. The zero-order chi connectivity index (χ0) is 23.4. The minimum absolute atomic E-state index is 0.385. The molecule has 13 nitrogen and oxygen atoms in total. The molecule has 0 aliphatic carbocycles. The lowest BCUT2D eigenvalue weighted by molar-refractivity contribution is -0.144. The van der Waals surface area contributed by atoms with E-state index in [4.69, 9.17) is 15.9 Å². The van der Waals surface area contributed by atoms with Gasteiger partial charge in [0.25, 0.3) is 0 Å².